The number of ether oxygens (including phenoxy) is 1. The van der Waals surface area contributed by atoms with E-state index in [2.05, 4.69) is 20.9 Å². The first-order chi connectivity index (χ1) is 10.1. The van der Waals surface area contributed by atoms with Crippen LogP contribution in [0.3, 0.4) is 0 Å². The number of rotatable bonds is 2. The van der Waals surface area contributed by atoms with Gasteiger partial charge in [0.15, 0.2) is 0 Å². The Hall–Kier alpha value is -2.08. The number of aromatic carboxylic acids is 1. The second-order valence-corrected chi connectivity index (χ2v) is 5.62. The lowest BCUT2D eigenvalue weighted by Gasteiger charge is -2.22. The zero-order chi connectivity index (χ0) is 14.8. The molecule has 5 nitrogen and oxygen atoms in total. The number of carbonyl (C=O) groups is 1. The molecule has 0 radical (unpaired) electrons. The summed E-state index contributed by atoms with van der Waals surface area (Å²) in [6.07, 6.45) is 1.61. The maximum Gasteiger partial charge on any atom is 0.339 e. The molecule has 1 aliphatic heterocycles. The maximum absolute atomic E-state index is 11.4. The zero-order valence-electron chi connectivity index (χ0n) is 11.1. The fourth-order valence-corrected chi connectivity index (χ4v) is 2.68. The van der Waals surface area contributed by atoms with Gasteiger partial charge in [0.1, 0.15) is 23.7 Å². The van der Waals surface area contributed by atoms with Crippen LogP contribution in [0, 0.1) is 0 Å². The van der Waals surface area contributed by atoms with Gasteiger partial charge in [0, 0.05) is 22.8 Å². The summed E-state index contributed by atoms with van der Waals surface area (Å²) in [7, 11) is 0. The molecule has 0 saturated heterocycles. The van der Waals surface area contributed by atoms with E-state index in [0.29, 0.717) is 30.0 Å². The van der Waals surface area contributed by atoms with Crippen molar-refractivity contribution in [3.8, 4) is 5.75 Å². The molecule has 0 amide bonds. The Bertz CT molecular complexity index is 690. The van der Waals surface area contributed by atoms with Gasteiger partial charge in [-0.25, -0.2) is 9.78 Å². The van der Waals surface area contributed by atoms with Crippen molar-refractivity contribution in [3.05, 3.63) is 52.1 Å². The molecule has 6 heteroatoms. The Labute approximate surface area is 130 Å². The molecule has 0 bridgehead atoms. The van der Waals surface area contributed by atoms with Crippen LogP contribution >= 0.6 is 15.9 Å². The fraction of sp³-hybridized carbons (Fsp3) is 0.200. The third kappa shape index (κ3) is 2.85. The smallest absolute Gasteiger partial charge is 0.339 e. The number of carboxylic acid groups (broad SMARTS) is 1. The summed E-state index contributed by atoms with van der Waals surface area (Å²) in [5.41, 5.74) is 1.21. The van der Waals surface area contributed by atoms with Gasteiger partial charge in [-0.3, -0.25) is 0 Å². The monoisotopic (exact) mass is 348 g/mol. The van der Waals surface area contributed by atoms with Gasteiger partial charge in [0.25, 0.3) is 0 Å². The molecule has 0 aliphatic carbocycles. The zero-order valence-corrected chi connectivity index (χ0v) is 12.7. The number of benzene rings is 1. The molecule has 0 atom stereocenters. The first-order valence-electron chi connectivity index (χ1n) is 6.49. The Balaban J connectivity index is 2.00. The average Bonchev–Trinajstić information content (AvgIpc) is 2.69. The SMILES string of the molecule is O=C(O)c1cc(Br)cnc1N1CCOc2ccccc2C1. The number of nitrogens with zero attached hydrogens (tertiary/aromatic N) is 2. The summed E-state index contributed by atoms with van der Waals surface area (Å²) in [4.78, 5) is 17.6. The first-order valence-corrected chi connectivity index (χ1v) is 7.29. The van der Waals surface area contributed by atoms with Crippen molar-refractivity contribution in [1.82, 2.24) is 4.98 Å². The van der Waals surface area contributed by atoms with Gasteiger partial charge in [0.05, 0.1) is 6.54 Å². The van der Waals surface area contributed by atoms with Gasteiger partial charge in [-0.2, -0.15) is 0 Å². The first kappa shape index (κ1) is 13.9. The molecule has 0 unspecified atom stereocenters. The van der Waals surface area contributed by atoms with Crippen LogP contribution < -0.4 is 9.64 Å². The Morgan fingerprint density at radius 1 is 1.38 bits per heavy atom. The number of para-hydroxylation sites is 1. The molecule has 108 valence electrons. The highest BCUT2D eigenvalue weighted by molar-refractivity contribution is 9.10. The van der Waals surface area contributed by atoms with Crippen molar-refractivity contribution in [2.45, 2.75) is 6.54 Å². The van der Waals surface area contributed by atoms with Crippen molar-refractivity contribution in [2.75, 3.05) is 18.1 Å². The minimum Gasteiger partial charge on any atom is -0.491 e. The van der Waals surface area contributed by atoms with Crippen LogP contribution in [-0.2, 0) is 6.54 Å². The van der Waals surface area contributed by atoms with Gasteiger partial charge >= 0.3 is 5.97 Å². The molecule has 0 spiro atoms. The highest BCUT2D eigenvalue weighted by atomic mass is 79.9. The van der Waals surface area contributed by atoms with Gasteiger partial charge in [-0.15, -0.1) is 0 Å². The van der Waals surface area contributed by atoms with Crippen LogP contribution in [0.5, 0.6) is 5.75 Å². The number of fused-ring (bicyclic) bond motifs is 1. The van der Waals surface area contributed by atoms with E-state index in [1.165, 1.54) is 0 Å². The largest absolute Gasteiger partial charge is 0.491 e. The lowest BCUT2D eigenvalue weighted by atomic mass is 10.1. The average molecular weight is 349 g/mol. The Kier molecular flexibility index (Phi) is 3.79. The number of halogens is 1. The molecule has 2 aromatic rings. The van der Waals surface area contributed by atoms with Crippen LogP contribution in [-0.4, -0.2) is 29.2 Å². The summed E-state index contributed by atoms with van der Waals surface area (Å²) < 4.78 is 6.35. The molecule has 1 aliphatic rings. The normalized spacial score (nSPS) is 14.0. The highest BCUT2D eigenvalue weighted by Crippen LogP contribution is 2.28. The predicted molar refractivity (Wildman–Crippen MR) is 81.9 cm³/mol. The van der Waals surface area contributed by atoms with Crippen LogP contribution in [0.25, 0.3) is 0 Å². The maximum atomic E-state index is 11.4. The molecule has 0 fully saturated rings. The third-order valence-electron chi connectivity index (χ3n) is 3.32. The summed E-state index contributed by atoms with van der Waals surface area (Å²) in [5, 5.41) is 9.37. The number of carboxylic acids is 1. The number of hydrogen-bond donors (Lipinski definition) is 1. The van der Waals surface area contributed by atoms with Crippen LogP contribution in [0.1, 0.15) is 15.9 Å². The summed E-state index contributed by atoms with van der Waals surface area (Å²) >= 11 is 3.26. The standard InChI is InChI=1S/C15H13BrN2O3/c16-11-7-12(15(19)20)14(17-8-11)18-5-6-21-13-4-2-1-3-10(13)9-18/h1-4,7-8H,5-6,9H2,(H,19,20). The topological polar surface area (TPSA) is 62.7 Å². The fourth-order valence-electron chi connectivity index (χ4n) is 2.35. The van der Waals surface area contributed by atoms with E-state index in [1.807, 2.05) is 29.2 Å². The van der Waals surface area contributed by atoms with E-state index in [-0.39, 0.29) is 5.56 Å². The predicted octanol–water partition coefficient (Wildman–Crippen LogP) is 2.94. The van der Waals surface area contributed by atoms with Crippen molar-refractivity contribution in [3.63, 3.8) is 0 Å². The quantitative estimate of drug-likeness (QED) is 0.903. The number of pyridine rings is 1. The molecule has 1 N–H and O–H groups in total. The van der Waals surface area contributed by atoms with E-state index in [4.69, 9.17) is 4.74 Å². The summed E-state index contributed by atoms with van der Waals surface area (Å²) in [6, 6.07) is 9.34. The minimum absolute atomic E-state index is 0.184. The van der Waals surface area contributed by atoms with E-state index >= 15 is 0 Å². The van der Waals surface area contributed by atoms with Gasteiger partial charge in [-0.05, 0) is 28.1 Å². The number of hydrogen-bond acceptors (Lipinski definition) is 4. The van der Waals surface area contributed by atoms with Crippen molar-refractivity contribution < 1.29 is 14.6 Å². The number of anilines is 1. The minimum atomic E-state index is -0.989. The lowest BCUT2D eigenvalue weighted by Crippen LogP contribution is -2.28. The van der Waals surface area contributed by atoms with Crippen LogP contribution in [0.4, 0.5) is 5.82 Å². The van der Waals surface area contributed by atoms with Crippen molar-refractivity contribution in [2.24, 2.45) is 0 Å². The Morgan fingerprint density at radius 3 is 3.00 bits per heavy atom. The van der Waals surface area contributed by atoms with E-state index < -0.39 is 5.97 Å². The van der Waals surface area contributed by atoms with Crippen molar-refractivity contribution in [1.29, 1.82) is 0 Å². The molecular formula is C15H13BrN2O3. The Morgan fingerprint density at radius 2 is 2.19 bits per heavy atom. The molecular weight excluding hydrogens is 336 g/mol. The van der Waals surface area contributed by atoms with E-state index in [1.54, 1.807) is 12.3 Å². The van der Waals surface area contributed by atoms with Gasteiger partial charge < -0.3 is 14.7 Å². The van der Waals surface area contributed by atoms with E-state index in [9.17, 15) is 9.90 Å². The molecule has 21 heavy (non-hydrogen) atoms. The van der Waals surface area contributed by atoms with Crippen LogP contribution in [0.2, 0.25) is 0 Å². The van der Waals surface area contributed by atoms with Gasteiger partial charge in [-0.1, -0.05) is 18.2 Å². The second-order valence-electron chi connectivity index (χ2n) is 4.71. The summed E-state index contributed by atoms with van der Waals surface area (Å²) in [5.74, 6) is 0.317. The molecule has 1 aromatic heterocycles. The highest BCUT2D eigenvalue weighted by Gasteiger charge is 2.21. The second kappa shape index (κ2) is 5.73. The molecule has 0 saturated carbocycles. The molecule has 1 aromatic carbocycles. The van der Waals surface area contributed by atoms with Crippen molar-refractivity contribution >= 4 is 27.7 Å². The van der Waals surface area contributed by atoms with E-state index in [0.717, 1.165) is 11.3 Å². The third-order valence-corrected chi connectivity index (χ3v) is 3.75. The molecule has 3 rings (SSSR count). The van der Waals surface area contributed by atoms with Crippen LogP contribution in [0.15, 0.2) is 41.0 Å². The van der Waals surface area contributed by atoms with Gasteiger partial charge in [0.2, 0.25) is 0 Å². The molecule has 2 heterocycles. The lowest BCUT2D eigenvalue weighted by molar-refractivity contribution is 0.0697. The number of aromatic nitrogens is 1. The summed E-state index contributed by atoms with van der Waals surface area (Å²) in [6.45, 7) is 1.66.